The Balaban J connectivity index is 2.36. The highest BCUT2D eigenvalue weighted by Crippen LogP contribution is 2.36. The first-order valence-electron chi connectivity index (χ1n) is 5.82. The maximum absolute atomic E-state index is 9.21. The number of nitriles is 1. The molecular weight excluding hydrogens is 256 g/mol. The fourth-order valence-corrected chi connectivity index (χ4v) is 2.69. The fraction of sp³-hybridized carbons (Fsp3) is 0.133. The number of methoxy groups -OCH3 is 1. The average Bonchev–Trinajstić information content (AvgIpc) is 2.48. The molecule has 0 aliphatic heterocycles. The van der Waals surface area contributed by atoms with Gasteiger partial charge in [0.1, 0.15) is 11.8 Å². The quantitative estimate of drug-likeness (QED) is 0.927. The van der Waals surface area contributed by atoms with E-state index >= 15 is 0 Å². The Kier molecular flexibility index (Phi) is 4.45. The molecule has 4 heteroatoms. The van der Waals surface area contributed by atoms with Crippen molar-refractivity contribution in [2.75, 3.05) is 7.11 Å². The largest absolute Gasteiger partial charge is 0.496 e. The molecule has 19 heavy (non-hydrogen) atoms. The molecule has 2 aromatic rings. The van der Waals surface area contributed by atoms with E-state index in [2.05, 4.69) is 6.07 Å². The average molecular weight is 270 g/mol. The van der Waals surface area contributed by atoms with E-state index in [1.54, 1.807) is 7.11 Å². The van der Waals surface area contributed by atoms with Crippen LogP contribution in [0.4, 0.5) is 0 Å². The lowest BCUT2D eigenvalue weighted by molar-refractivity contribution is 0.405. The lowest BCUT2D eigenvalue weighted by atomic mass is 10.1. The Bertz CT molecular complexity index is 620. The highest BCUT2D eigenvalue weighted by atomic mass is 32.2. The third kappa shape index (κ3) is 3.08. The molecule has 3 nitrogen and oxygen atoms in total. The number of para-hydroxylation sites is 1. The van der Waals surface area contributed by atoms with Crippen LogP contribution in [0.15, 0.2) is 52.3 Å². The van der Waals surface area contributed by atoms with Crippen molar-refractivity contribution in [3.63, 3.8) is 0 Å². The standard InChI is InChI=1S/C15H14N2OS/c1-18-13-4-2-3-5-15(13)19-14-7-6-11(9-16)8-12(14)10-17/h2-8H,9,16H2,1H3. The second-order valence-corrected chi connectivity index (χ2v) is 4.98. The summed E-state index contributed by atoms with van der Waals surface area (Å²) in [7, 11) is 1.64. The predicted molar refractivity (Wildman–Crippen MR) is 76.2 cm³/mol. The zero-order valence-corrected chi connectivity index (χ0v) is 11.4. The third-order valence-corrected chi connectivity index (χ3v) is 3.82. The van der Waals surface area contributed by atoms with Gasteiger partial charge in [0.2, 0.25) is 0 Å². The zero-order valence-electron chi connectivity index (χ0n) is 10.6. The second kappa shape index (κ2) is 6.28. The van der Waals surface area contributed by atoms with Gasteiger partial charge < -0.3 is 10.5 Å². The fourth-order valence-electron chi connectivity index (χ4n) is 1.70. The van der Waals surface area contributed by atoms with Crippen molar-refractivity contribution in [3.05, 3.63) is 53.6 Å². The molecule has 0 fully saturated rings. The molecule has 0 aliphatic carbocycles. The SMILES string of the molecule is COc1ccccc1Sc1ccc(CN)cc1C#N. The molecule has 96 valence electrons. The minimum Gasteiger partial charge on any atom is -0.496 e. The van der Waals surface area contributed by atoms with Crippen LogP contribution in [0.5, 0.6) is 5.75 Å². The van der Waals surface area contributed by atoms with Crippen LogP contribution in [-0.2, 0) is 6.54 Å². The number of nitrogens with two attached hydrogens (primary N) is 1. The van der Waals surface area contributed by atoms with Crippen LogP contribution in [0.25, 0.3) is 0 Å². The first-order valence-corrected chi connectivity index (χ1v) is 6.64. The Morgan fingerprint density at radius 2 is 2.00 bits per heavy atom. The van der Waals surface area contributed by atoms with E-state index in [4.69, 9.17) is 10.5 Å². The first kappa shape index (κ1) is 13.5. The maximum Gasteiger partial charge on any atom is 0.132 e. The number of hydrogen-bond donors (Lipinski definition) is 1. The maximum atomic E-state index is 9.21. The van der Waals surface area contributed by atoms with Crippen molar-refractivity contribution in [2.45, 2.75) is 16.3 Å². The van der Waals surface area contributed by atoms with E-state index in [0.29, 0.717) is 12.1 Å². The molecule has 2 rings (SSSR count). The summed E-state index contributed by atoms with van der Waals surface area (Å²) in [6.07, 6.45) is 0. The topological polar surface area (TPSA) is 59.0 Å². The molecular formula is C15H14N2OS. The summed E-state index contributed by atoms with van der Waals surface area (Å²) < 4.78 is 5.31. The molecule has 0 unspecified atom stereocenters. The van der Waals surface area contributed by atoms with Gasteiger partial charge in [-0.1, -0.05) is 30.0 Å². The first-order chi connectivity index (χ1) is 9.28. The Morgan fingerprint density at radius 1 is 1.21 bits per heavy atom. The van der Waals surface area contributed by atoms with Gasteiger partial charge in [-0.15, -0.1) is 0 Å². The molecule has 0 atom stereocenters. The molecule has 0 amide bonds. The molecule has 0 saturated carbocycles. The van der Waals surface area contributed by atoms with Crippen LogP contribution in [0.2, 0.25) is 0 Å². The summed E-state index contributed by atoms with van der Waals surface area (Å²) in [4.78, 5) is 1.89. The van der Waals surface area contributed by atoms with Crippen LogP contribution in [-0.4, -0.2) is 7.11 Å². The molecule has 0 radical (unpaired) electrons. The van der Waals surface area contributed by atoms with Gasteiger partial charge in [-0.05, 0) is 29.8 Å². The van der Waals surface area contributed by atoms with Crippen LogP contribution in [0, 0.1) is 11.3 Å². The molecule has 0 heterocycles. The van der Waals surface area contributed by atoms with Crippen LogP contribution in [0.1, 0.15) is 11.1 Å². The van der Waals surface area contributed by atoms with Crippen LogP contribution >= 0.6 is 11.8 Å². The van der Waals surface area contributed by atoms with E-state index in [-0.39, 0.29) is 0 Å². The normalized spacial score (nSPS) is 9.95. The highest BCUT2D eigenvalue weighted by Gasteiger charge is 2.08. The van der Waals surface area contributed by atoms with Crippen LogP contribution < -0.4 is 10.5 Å². The Labute approximate surface area is 117 Å². The minimum atomic E-state index is 0.439. The van der Waals surface area contributed by atoms with Gasteiger partial charge in [0, 0.05) is 11.4 Å². The van der Waals surface area contributed by atoms with Gasteiger partial charge in [-0.25, -0.2) is 0 Å². The van der Waals surface area contributed by atoms with E-state index in [1.165, 1.54) is 11.8 Å². The summed E-state index contributed by atoms with van der Waals surface area (Å²) in [5.41, 5.74) is 7.18. The van der Waals surface area contributed by atoms with Crippen molar-refractivity contribution in [3.8, 4) is 11.8 Å². The molecule has 0 aromatic heterocycles. The summed E-state index contributed by atoms with van der Waals surface area (Å²) in [6.45, 7) is 0.439. The number of nitrogens with zero attached hydrogens (tertiary/aromatic N) is 1. The number of rotatable bonds is 4. The lowest BCUT2D eigenvalue weighted by Gasteiger charge is -2.09. The van der Waals surface area contributed by atoms with Gasteiger partial charge in [-0.3, -0.25) is 0 Å². The zero-order chi connectivity index (χ0) is 13.7. The van der Waals surface area contributed by atoms with E-state index in [1.807, 2.05) is 42.5 Å². The number of benzene rings is 2. The smallest absolute Gasteiger partial charge is 0.132 e. The molecule has 2 aromatic carbocycles. The van der Waals surface area contributed by atoms with Crippen molar-refractivity contribution in [1.82, 2.24) is 0 Å². The van der Waals surface area contributed by atoms with Gasteiger partial charge in [0.25, 0.3) is 0 Å². The predicted octanol–water partition coefficient (Wildman–Crippen LogP) is 3.18. The van der Waals surface area contributed by atoms with Gasteiger partial charge in [0.05, 0.1) is 17.6 Å². The van der Waals surface area contributed by atoms with Crippen molar-refractivity contribution in [2.24, 2.45) is 5.73 Å². The van der Waals surface area contributed by atoms with Gasteiger partial charge in [-0.2, -0.15) is 5.26 Å². The summed E-state index contributed by atoms with van der Waals surface area (Å²) in [5, 5.41) is 9.21. The Morgan fingerprint density at radius 3 is 2.68 bits per heavy atom. The van der Waals surface area contributed by atoms with Crippen molar-refractivity contribution < 1.29 is 4.74 Å². The molecule has 0 spiro atoms. The summed E-state index contributed by atoms with van der Waals surface area (Å²) in [6, 6.07) is 15.7. The molecule has 0 aliphatic rings. The van der Waals surface area contributed by atoms with E-state index in [0.717, 1.165) is 21.1 Å². The number of ether oxygens (including phenoxy) is 1. The Hall–Kier alpha value is -1.96. The van der Waals surface area contributed by atoms with Gasteiger partial charge >= 0.3 is 0 Å². The van der Waals surface area contributed by atoms with E-state index < -0.39 is 0 Å². The molecule has 0 saturated heterocycles. The number of hydrogen-bond acceptors (Lipinski definition) is 4. The third-order valence-electron chi connectivity index (χ3n) is 2.69. The van der Waals surface area contributed by atoms with E-state index in [9.17, 15) is 5.26 Å². The monoisotopic (exact) mass is 270 g/mol. The summed E-state index contributed by atoms with van der Waals surface area (Å²) >= 11 is 1.52. The van der Waals surface area contributed by atoms with Gasteiger partial charge in [0.15, 0.2) is 0 Å². The molecule has 0 bridgehead atoms. The van der Waals surface area contributed by atoms with Crippen molar-refractivity contribution in [1.29, 1.82) is 5.26 Å². The minimum absolute atomic E-state index is 0.439. The lowest BCUT2D eigenvalue weighted by Crippen LogP contribution is -1.97. The molecule has 2 N–H and O–H groups in total. The summed E-state index contributed by atoms with van der Waals surface area (Å²) in [5.74, 6) is 0.805. The van der Waals surface area contributed by atoms with Crippen molar-refractivity contribution >= 4 is 11.8 Å². The van der Waals surface area contributed by atoms with Crippen LogP contribution in [0.3, 0.4) is 0 Å². The second-order valence-electron chi connectivity index (χ2n) is 3.90. The highest BCUT2D eigenvalue weighted by molar-refractivity contribution is 7.99.